The lowest BCUT2D eigenvalue weighted by molar-refractivity contribution is -0.149. The van der Waals surface area contributed by atoms with Crippen molar-refractivity contribution in [3.63, 3.8) is 0 Å². The number of hydrogen-bond donors (Lipinski definition) is 0. The first-order valence-corrected chi connectivity index (χ1v) is 4.19. The zero-order chi connectivity index (χ0) is 12.3. The number of carbonyl (C=O) groups is 2. The predicted octanol–water partition coefficient (Wildman–Crippen LogP) is 2.53. The van der Waals surface area contributed by atoms with Crippen LogP contribution in [0.5, 0.6) is 0 Å². The number of hydrogen-bond acceptors (Lipinski definition) is 2. The average molecular weight is 234 g/mol. The zero-order valence-electron chi connectivity index (χ0n) is 7.84. The van der Waals surface area contributed by atoms with Crippen molar-refractivity contribution in [2.45, 2.75) is 12.6 Å². The number of halogens is 4. The smallest absolute Gasteiger partial charge is 0.290 e. The number of alkyl halides is 3. The Balaban J connectivity index is 2.79. The van der Waals surface area contributed by atoms with E-state index in [0.29, 0.717) is 0 Å². The SMILES string of the molecule is O=C(CC(F)(F)F)C(=O)c1ccc(F)cc1. The average Bonchev–Trinajstić information content (AvgIpc) is 2.15. The molecule has 6 heteroatoms. The van der Waals surface area contributed by atoms with Crippen LogP contribution in [0.25, 0.3) is 0 Å². The monoisotopic (exact) mass is 234 g/mol. The maximum absolute atomic E-state index is 12.4. The molecule has 0 fully saturated rings. The summed E-state index contributed by atoms with van der Waals surface area (Å²) in [6, 6.07) is 3.72. The summed E-state index contributed by atoms with van der Waals surface area (Å²) < 4.78 is 47.9. The van der Waals surface area contributed by atoms with Crippen LogP contribution in [0, 0.1) is 5.82 Å². The van der Waals surface area contributed by atoms with E-state index in [1.54, 1.807) is 0 Å². The first-order chi connectivity index (χ1) is 7.29. The van der Waals surface area contributed by atoms with Gasteiger partial charge in [0.25, 0.3) is 0 Å². The molecule has 0 spiro atoms. The Morgan fingerprint density at radius 1 is 1.06 bits per heavy atom. The molecule has 0 atom stereocenters. The highest BCUT2D eigenvalue weighted by Gasteiger charge is 2.34. The van der Waals surface area contributed by atoms with Crippen LogP contribution >= 0.6 is 0 Å². The van der Waals surface area contributed by atoms with Gasteiger partial charge in [-0.05, 0) is 24.3 Å². The van der Waals surface area contributed by atoms with Crippen molar-refractivity contribution in [3.8, 4) is 0 Å². The van der Waals surface area contributed by atoms with E-state index in [1.807, 2.05) is 0 Å². The maximum atomic E-state index is 12.4. The van der Waals surface area contributed by atoms with Gasteiger partial charge < -0.3 is 0 Å². The molecular weight excluding hydrogens is 228 g/mol. The summed E-state index contributed by atoms with van der Waals surface area (Å²) in [4.78, 5) is 22.0. The van der Waals surface area contributed by atoms with Crippen LogP contribution in [0.3, 0.4) is 0 Å². The fourth-order valence-corrected chi connectivity index (χ4v) is 1.02. The van der Waals surface area contributed by atoms with Crippen molar-refractivity contribution in [1.29, 1.82) is 0 Å². The van der Waals surface area contributed by atoms with Gasteiger partial charge in [0, 0.05) is 5.56 Å². The second-order valence-corrected chi connectivity index (χ2v) is 3.05. The molecule has 0 aliphatic rings. The molecule has 86 valence electrons. The minimum atomic E-state index is -4.72. The number of rotatable bonds is 3. The van der Waals surface area contributed by atoms with Gasteiger partial charge in [0.1, 0.15) is 12.2 Å². The highest BCUT2D eigenvalue weighted by molar-refractivity contribution is 6.43. The molecule has 0 aliphatic carbocycles. The standard InChI is InChI=1S/C10H6F4O2/c11-7-3-1-6(2-4-7)9(16)8(15)5-10(12,13)14/h1-4H,5H2. The summed E-state index contributed by atoms with van der Waals surface area (Å²) in [5.41, 5.74) is -0.254. The van der Waals surface area contributed by atoms with Gasteiger partial charge in [-0.2, -0.15) is 13.2 Å². The molecule has 0 amide bonds. The van der Waals surface area contributed by atoms with E-state index < -0.39 is 30.0 Å². The summed E-state index contributed by atoms with van der Waals surface area (Å²) in [6.45, 7) is 0. The maximum Gasteiger partial charge on any atom is 0.396 e. The lowest BCUT2D eigenvalue weighted by atomic mass is 10.1. The number of carbonyl (C=O) groups excluding carboxylic acids is 2. The number of benzene rings is 1. The van der Waals surface area contributed by atoms with E-state index in [0.717, 1.165) is 24.3 Å². The predicted molar refractivity (Wildman–Crippen MR) is 46.4 cm³/mol. The van der Waals surface area contributed by atoms with E-state index in [9.17, 15) is 27.2 Å². The van der Waals surface area contributed by atoms with Crippen LogP contribution in [0.2, 0.25) is 0 Å². The first-order valence-electron chi connectivity index (χ1n) is 4.19. The second kappa shape index (κ2) is 4.42. The minimum Gasteiger partial charge on any atom is -0.290 e. The molecule has 0 heterocycles. The molecule has 16 heavy (non-hydrogen) atoms. The highest BCUT2D eigenvalue weighted by Crippen LogP contribution is 2.20. The number of Topliss-reactive ketones (excluding diaryl/α,β-unsaturated/α-hetero) is 2. The van der Waals surface area contributed by atoms with Crippen molar-refractivity contribution in [2.75, 3.05) is 0 Å². The molecule has 0 saturated carbocycles. The Morgan fingerprint density at radius 3 is 2.00 bits per heavy atom. The molecule has 0 bridgehead atoms. The largest absolute Gasteiger partial charge is 0.396 e. The fourth-order valence-electron chi connectivity index (χ4n) is 1.02. The molecule has 0 radical (unpaired) electrons. The summed E-state index contributed by atoms with van der Waals surface area (Å²) in [5.74, 6) is -3.46. The zero-order valence-corrected chi connectivity index (χ0v) is 7.84. The van der Waals surface area contributed by atoms with E-state index in [2.05, 4.69) is 0 Å². The second-order valence-electron chi connectivity index (χ2n) is 3.05. The lowest BCUT2D eigenvalue weighted by Gasteiger charge is -2.04. The minimum absolute atomic E-state index is 0.254. The fraction of sp³-hybridized carbons (Fsp3) is 0.200. The van der Waals surface area contributed by atoms with Gasteiger partial charge in [0.2, 0.25) is 11.6 Å². The van der Waals surface area contributed by atoms with Crippen LogP contribution in [0.1, 0.15) is 16.8 Å². The Morgan fingerprint density at radius 2 is 1.56 bits per heavy atom. The van der Waals surface area contributed by atoms with Crippen LogP contribution in [-0.4, -0.2) is 17.7 Å². The van der Waals surface area contributed by atoms with Gasteiger partial charge in [-0.15, -0.1) is 0 Å². The third kappa shape index (κ3) is 3.45. The normalized spacial score (nSPS) is 11.2. The van der Waals surface area contributed by atoms with E-state index >= 15 is 0 Å². The van der Waals surface area contributed by atoms with Gasteiger partial charge >= 0.3 is 6.18 Å². The molecular formula is C10H6F4O2. The molecule has 0 aromatic heterocycles. The van der Waals surface area contributed by atoms with Gasteiger partial charge in [-0.25, -0.2) is 4.39 Å². The van der Waals surface area contributed by atoms with Gasteiger partial charge in [-0.1, -0.05) is 0 Å². The highest BCUT2D eigenvalue weighted by atomic mass is 19.4. The summed E-state index contributed by atoms with van der Waals surface area (Å²) in [7, 11) is 0. The van der Waals surface area contributed by atoms with E-state index in [1.165, 1.54) is 0 Å². The first kappa shape index (κ1) is 12.4. The van der Waals surface area contributed by atoms with Crippen molar-refractivity contribution in [3.05, 3.63) is 35.6 Å². The van der Waals surface area contributed by atoms with Gasteiger partial charge in [0.15, 0.2) is 0 Å². The van der Waals surface area contributed by atoms with Crippen molar-refractivity contribution < 1.29 is 27.2 Å². The van der Waals surface area contributed by atoms with Crippen LogP contribution in [0.15, 0.2) is 24.3 Å². The quantitative estimate of drug-likeness (QED) is 0.457. The topological polar surface area (TPSA) is 34.1 Å². The number of ketones is 2. The lowest BCUT2D eigenvalue weighted by Crippen LogP contribution is -2.22. The van der Waals surface area contributed by atoms with Crippen LogP contribution in [0.4, 0.5) is 17.6 Å². The summed E-state index contributed by atoms with van der Waals surface area (Å²) >= 11 is 0. The Hall–Kier alpha value is -1.72. The molecule has 2 nitrogen and oxygen atoms in total. The Bertz CT molecular complexity index is 406. The van der Waals surface area contributed by atoms with E-state index in [4.69, 9.17) is 0 Å². The van der Waals surface area contributed by atoms with Crippen molar-refractivity contribution in [2.24, 2.45) is 0 Å². The van der Waals surface area contributed by atoms with Crippen molar-refractivity contribution >= 4 is 11.6 Å². The van der Waals surface area contributed by atoms with E-state index in [-0.39, 0.29) is 5.56 Å². The Labute approximate surface area is 87.9 Å². The van der Waals surface area contributed by atoms with Crippen LogP contribution < -0.4 is 0 Å². The summed E-state index contributed by atoms with van der Waals surface area (Å²) in [5, 5.41) is 0. The third-order valence-corrected chi connectivity index (χ3v) is 1.72. The summed E-state index contributed by atoms with van der Waals surface area (Å²) in [6.07, 6.45) is -6.52. The molecule has 0 N–H and O–H groups in total. The van der Waals surface area contributed by atoms with Crippen molar-refractivity contribution in [1.82, 2.24) is 0 Å². The molecule has 1 rings (SSSR count). The third-order valence-electron chi connectivity index (χ3n) is 1.72. The van der Waals surface area contributed by atoms with Gasteiger partial charge in [-0.3, -0.25) is 9.59 Å². The van der Waals surface area contributed by atoms with Gasteiger partial charge in [0.05, 0.1) is 0 Å². The molecule has 0 saturated heterocycles. The molecule has 1 aromatic rings. The van der Waals surface area contributed by atoms with Crippen LogP contribution in [-0.2, 0) is 4.79 Å². The molecule has 1 aromatic carbocycles. The molecule has 0 aliphatic heterocycles. The Kier molecular flexibility index (Phi) is 3.41. The molecule has 0 unspecified atom stereocenters.